The summed E-state index contributed by atoms with van der Waals surface area (Å²) < 4.78 is 26.9. The van der Waals surface area contributed by atoms with Gasteiger partial charge in [-0.2, -0.15) is 0 Å². The number of benzene rings is 2. The first-order valence-corrected chi connectivity index (χ1v) is 8.89. The summed E-state index contributed by atoms with van der Waals surface area (Å²) in [5.74, 6) is -0.483. The van der Waals surface area contributed by atoms with E-state index in [2.05, 4.69) is 0 Å². The summed E-state index contributed by atoms with van der Waals surface area (Å²) in [6.45, 7) is 11.4. The first-order chi connectivity index (χ1) is 11.9. The zero-order chi connectivity index (χ0) is 19.3. The molecule has 1 saturated heterocycles. The zero-order valence-corrected chi connectivity index (χ0v) is 16.3. The Bertz CT molecular complexity index is 814. The van der Waals surface area contributed by atoms with Crippen LogP contribution in [0.3, 0.4) is 0 Å². The Hall–Kier alpha value is -1.69. The average molecular weight is 356 g/mol. The Morgan fingerprint density at radius 3 is 2.15 bits per heavy atom. The van der Waals surface area contributed by atoms with E-state index in [1.54, 1.807) is 25.1 Å². The van der Waals surface area contributed by atoms with Gasteiger partial charge in [-0.25, -0.2) is 4.39 Å². The predicted molar refractivity (Wildman–Crippen MR) is 102 cm³/mol. The minimum absolute atomic E-state index is 0.225. The van der Waals surface area contributed by atoms with Gasteiger partial charge in [0.2, 0.25) is 0 Å². The molecule has 0 spiro atoms. The van der Waals surface area contributed by atoms with Gasteiger partial charge in [-0.05, 0) is 58.6 Å². The van der Waals surface area contributed by atoms with Crippen LogP contribution in [0.1, 0.15) is 51.3 Å². The highest BCUT2D eigenvalue weighted by Gasteiger charge is 2.51. The summed E-state index contributed by atoms with van der Waals surface area (Å²) >= 11 is 0. The molecular formula is C21H26BFO3. The normalized spacial score (nSPS) is 20.8. The average Bonchev–Trinajstić information content (AvgIpc) is 2.75. The minimum atomic E-state index is -1.43. The Balaban J connectivity index is 1.94. The lowest BCUT2D eigenvalue weighted by atomic mass is 9.77. The van der Waals surface area contributed by atoms with Crippen molar-refractivity contribution in [3.63, 3.8) is 0 Å². The number of hydrogen-bond acceptors (Lipinski definition) is 3. The summed E-state index contributed by atoms with van der Waals surface area (Å²) in [4.78, 5) is 0. The topological polar surface area (TPSA) is 38.7 Å². The van der Waals surface area contributed by atoms with Crippen LogP contribution in [0.2, 0.25) is 0 Å². The Morgan fingerprint density at radius 2 is 1.62 bits per heavy atom. The number of hydrogen-bond donors (Lipinski definition) is 1. The fraction of sp³-hybridized carbons (Fsp3) is 0.429. The van der Waals surface area contributed by atoms with E-state index in [1.807, 2.05) is 52.8 Å². The third-order valence-electron chi connectivity index (χ3n) is 5.62. The molecule has 2 aromatic carbocycles. The molecule has 26 heavy (non-hydrogen) atoms. The second-order valence-electron chi connectivity index (χ2n) is 8.27. The van der Waals surface area contributed by atoms with Crippen molar-refractivity contribution in [1.29, 1.82) is 0 Å². The molecule has 1 aliphatic heterocycles. The first-order valence-electron chi connectivity index (χ1n) is 8.89. The molecule has 0 aliphatic carbocycles. The number of rotatable bonds is 3. The lowest BCUT2D eigenvalue weighted by molar-refractivity contribution is 0.00578. The molecule has 5 heteroatoms. The van der Waals surface area contributed by atoms with Gasteiger partial charge in [0.25, 0.3) is 0 Å². The Kier molecular flexibility index (Phi) is 4.54. The van der Waals surface area contributed by atoms with E-state index in [0.29, 0.717) is 11.0 Å². The van der Waals surface area contributed by atoms with Gasteiger partial charge < -0.3 is 14.4 Å². The van der Waals surface area contributed by atoms with Crippen molar-refractivity contribution in [2.24, 2.45) is 0 Å². The number of halogens is 1. The highest BCUT2D eigenvalue weighted by Crippen LogP contribution is 2.37. The lowest BCUT2D eigenvalue weighted by Gasteiger charge is -2.32. The molecular weight excluding hydrogens is 330 g/mol. The molecule has 0 radical (unpaired) electrons. The monoisotopic (exact) mass is 356 g/mol. The van der Waals surface area contributed by atoms with Crippen LogP contribution in [0.15, 0.2) is 42.5 Å². The molecule has 1 fully saturated rings. The highest BCUT2D eigenvalue weighted by atomic mass is 19.1. The van der Waals surface area contributed by atoms with Crippen molar-refractivity contribution in [2.75, 3.05) is 0 Å². The molecule has 1 N–H and O–H groups in total. The molecule has 1 heterocycles. The molecule has 1 aliphatic rings. The largest absolute Gasteiger partial charge is 0.494 e. The lowest BCUT2D eigenvalue weighted by Crippen LogP contribution is -2.41. The Labute approximate surface area is 155 Å². The fourth-order valence-electron chi connectivity index (χ4n) is 3.16. The SMILES string of the molecule is Cc1cccc(C(C)(O)c2ccc(B3OC(C)(C)C(C)(C)O3)cc2F)c1. The molecule has 0 bridgehead atoms. The summed E-state index contributed by atoms with van der Waals surface area (Å²) in [6, 6.07) is 12.2. The van der Waals surface area contributed by atoms with Gasteiger partial charge in [0.15, 0.2) is 0 Å². The molecule has 1 unspecified atom stereocenters. The van der Waals surface area contributed by atoms with Gasteiger partial charge in [0, 0.05) is 5.56 Å². The minimum Gasteiger partial charge on any atom is -0.399 e. The molecule has 0 saturated carbocycles. The molecule has 2 aromatic rings. The predicted octanol–water partition coefficient (Wildman–Crippen LogP) is 3.69. The third-order valence-corrected chi connectivity index (χ3v) is 5.62. The number of aryl methyl sites for hydroxylation is 1. The van der Waals surface area contributed by atoms with E-state index in [1.165, 1.54) is 6.07 Å². The molecule has 138 valence electrons. The van der Waals surface area contributed by atoms with E-state index >= 15 is 0 Å². The van der Waals surface area contributed by atoms with Gasteiger partial charge in [-0.3, -0.25) is 0 Å². The van der Waals surface area contributed by atoms with Crippen LogP contribution in [0.5, 0.6) is 0 Å². The van der Waals surface area contributed by atoms with Gasteiger partial charge in [-0.1, -0.05) is 42.0 Å². The van der Waals surface area contributed by atoms with Crippen molar-refractivity contribution >= 4 is 12.6 Å². The molecule has 0 aromatic heterocycles. The van der Waals surface area contributed by atoms with Gasteiger partial charge in [0.1, 0.15) is 11.4 Å². The summed E-state index contributed by atoms with van der Waals surface area (Å²) in [5.41, 5.74) is 0.0923. The molecule has 3 rings (SSSR count). The van der Waals surface area contributed by atoms with Crippen molar-refractivity contribution in [3.8, 4) is 0 Å². The van der Waals surface area contributed by atoms with Gasteiger partial charge in [0.05, 0.1) is 11.2 Å². The molecule has 1 atom stereocenters. The van der Waals surface area contributed by atoms with Crippen LogP contribution < -0.4 is 5.46 Å². The van der Waals surface area contributed by atoms with E-state index in [9.17, 15) is 9.50 Å². The third kappa shape index (κ3) is 3.20. The van der Waals surface area contributed by atoms with E-state index in [-0.39, 0.29) is 5.56 Å². The molecule has 0 amide bonds. The zero-order valence-electron chi connectivity index (χ0n) is 16.3. The van der Waals surface area contributed by atoms with Gasteiger partial charge >= 0.3 is 7.12 Å². The van der Waals surface area contributed by atoms with Crippen molar-refractivity contribution in [3.05, 3.63) is 65.0 Å². The van der Waals surface area contributed by atoms with Crippen molar-refractivity contribution < 1.29 is 18.8 Å². The van der Waals surface area contributed by atoms with E-state index in [0.717, 1.165) is 5.56 Å². The Morgan fingerprint density at radius 1 is 1.00 bits per heavy atom. The van der Waals surface area contributed by atoms with Crippen LogP contribution in [-0.4, -0.2) is 23.4 Å². The quantitative estimate of drug-likeness (QED) is 0.853. The second kappa shape index (κ2) is 6.19. The second-order valence-corrected chi connectivity index (χ2v) is 8.27. The van der Waals surface area contributed by atoms with Crippen molar-refractivity contribution in [2.45, 2.75) is 58.3 Å². The van der Waals surface area contributed by atoms with Crippen LogP contribution in [0.4, 0.5) is 4.39 Å². The maximum absolute atomic E-state index is 14.9. The van der Waals surface area contributed by atoms with Crippen molar-refractivity contribution in [1.82, 2.24) is 0 Å². The summed E-state index contributed by atoms with van der Waals surface area (Å²) in [5, 5.41) is 11.0. The molecule has 3 nitrogen and oxygen atoms in total. The standard InChI is InChI=1S/C21H26BFO3/c1-14-8-7-9-15(12-14)21(6,24)17-11-10-16(13-18(17)23)22-25-19(2,3)20(4,5)26-22/h7-13,24H,1-6H3. The summed E-state index contributed by atoms with van der Waals surface area (Å²) in [6.07, 6.45) is 0. The highest BCUT2D eigenvalue weighted by molar-refractivity contribution is 6.62. The maximum atomic E-state index is 14.9. The van der Waals surface area contributed by atoms with Crippen LogP contribution >= 0.6 is 0 Å². The van der Waals surface area contributed by atoms with E-state index < -0.39 is 29.7 Å². The van der Waals surface area contributed by atoms with Crippen LogP contribution in [0, 0.1) is 12.7 Å². The van der Waals surface area contributed by atoms with Gasteiger partial charge in [-0.15, -0.1) is 0 Å². The van der Waals surface area contributed by atoms with E-state index in [4.69, 9.17) is 9.31 Å². The first kappa shape index (κ1) is 19.1. The maximum Gasteiger partial charge on any atom is 0.494 e. The van der Waals surface area contributed by atoms with Crippen LogP contribution in [0.25, 0.3) is 0 Å². The summed E-state index contributed by atoms with van der Waals surface area (Å²) in [7, 11) is -0.632. The van der Waals surface area contributed by atoms with Crippen LogP contribution in [-0.2, 0) is 14.9 Å². The fourth-order valence-corrected chi connectivity index (χ4v) is 3.16. The smallest absolute Gasteiger partial charge is 0.399 e. The number of aliphatic hydroxyl groups is 1.